The van der Waals surface area contributed by atoms with Crippen LogP contribution in [-0.4, -0.2) is 36.6 Å². The SMILES string of the molecule is CN=C(NCC1(C)CCCS1)NCC1(C2CC2)CCC1.I. The van der Waals surface area contributed by atoms with Crippen LogP contribution in [0.4, 0.5) is 0 Å². The Bertz CT molecular complexity index is 372. The van der Waals surface area contributed by atoms with Gasteiger partial charge in [0.05, 0.1) is 0 Å². The predicted molar refractivity (Wildman–Crippen MR) is 104 cm³/mol. The molecule has 0 radical (unpaired) electrons. The lowest BCUT2D eigenvalue weighted by molar-refractivity contribution is 0.106. The summed E-state index contributed by atoms with van der Waals surface area (Å²) in [4.78, 5) is 4.41. The third-order valence-corrected chi connectivity index (χ3v) is 7.09. The number of halogens is 1. The average Bonchev–Trinajstić information content (AvgIpc) is 3.15. The monoisotopic (exact) mass is 423 g/mol. The van der Waals surface area contributed by atoms with Crippen LogP contribution >= 0.6 is 35.7 Å². The van der Waals surface area contributed by atoms with Crippen molar-refractivity contribution in [3.8, 4) is 0 Å². The van der Waals surface area contributed by atoms with Crippen LogP contribution in [0.3, 0.4) is 0 Å². The lowest BCUT2D eigenvalue weighted by atomic mass is 9.65. The van der Waals surface area contributed by atoms with Gasteiger partial charge >= 0.3 is 0 Å². The Morgan fingerprint density at radius 3 is 2.33 bits per heavy atom. The highest BCUT2D eigenvalue weighted by molar-refractivity contribution is 14.0. The molecule has 21 heavy (non-hydrogen) atoms. The maximum atomic E-state index is 4.41. The van der Waals surface area contributed by atoms with Gasteiger partial charge in [-0.05, 0) is 62.5 Å². The Balaban J connectivity index is 0.00000161. The van der Waals surface area contributed by atoms with Crippen molar-refractivity contribution < 1.29 is 0 Å². The molecule has 122 valence electrons. The van der Waals surface area contributed by atoms with E-state index in [0.717, 1.165) is 25.0 Å². The fraction of sp³-hybridized carbons (Fsp3) is 0.938. The topological polar surface area (TPSA) is 36.4 Å². The quantitative estimate of drug-likeness (QED) is 0.403. The third kappa shape index (κ3) is 4.21. The van der Waals surface area contributed by atoms with Gasteiger partial charge in [0.25, 0.3) is 0 Å². The van der Waals surface area contributed by atoms with Crippen LogP contribution in [0.2, 0.25) is 0 Å². The van der Waals surface area contributed by atoms with Gasteiger partial charge in [0.15, 0.2) is 5.96 Å². The Morgan fingerprint density at radius 2 is 1.86 bits per heavy atom. The van der Waals surface area contributed by atoms with Crippen molar-refractivity contribution >= 4 is 41.7 Å². The van der Waals surface area contributed by atoms with Gasteiger partial charge < -0.3 is 10.6 Å². The minimum absolute atomic E-state index is 0. The van der Waals surface area contributed by atoms with E-state index in [4.69, 9.17) is 0 Å². The number of guanidine groups is 1. The fourth-order valence-corrected chi connectivity index (χ4v) is 5.03. The molecule has 1 heterocycles. The zero-order valence-electron chi connectivity index (χ0n) is 13.4. The first-order valence-corrected chi connectivity index (χ1v) is 9.23. The largest absolute Gasteiger partial charge is 0.356 e. The van der Waals surface area contributed by atoms with Crippen molar-refractivity contribution in [3.05, 3.63) is 0 Å². The van der Waals surface area contributed by atoms with E-state index in [9.17, 15) is 0 Å². The molecule has 0 bridgehead atoms. The molecule has 5 heteroatoms. The molecule has 1 aliphatic heterocycles. The molecule has 0 spiro atoms. The predicted octanol–water partition coefficient (Wildman–Crippen LogP) is 3.64. The number of nitrogens with one attached hydrogen (secondary N) is 2. The van der Waals surface area contributed by atoms with E-state index in [-0.39, 0.29) is 24.0 Å². The second-order valence-corrected chi connectivity index (χ2v) is 8.85. The first-order valence-electron chi connectivity index (χ1n) is 8.24. The molecule has 1 atom stereocenters. The third-order valence-electron chi connectivity index (χ3n) is 5.55. The van der Waals surface area contributed by atoms with Crippen molar-refractivity contribution in [2.75, 3.05) is 25.9 Å². The maximum Gasteiger partial charge on any atom is 0.191 e. The minimum atomic E-state index is 0. The first-order chi connectivity index (χ1) is 9.66. The summed E-state index contributed by atoms with van der Waals surface area (Å²) >= 11 is 2.11. The normalized spacial score (nSPS) is 31.2. The van der Waals surface area contributed by atoms with Gasteiger partial charge in [0.2, 0.25) is 0 Å². The van der Waals surface area contributed by atoms with Crippen LogP contribution in [0.25, 0.3) is 0 Å². The van der Waals surface area contributed by atoms with Gasteiger partial charge in [-0.3, -0.25) is 4.99 Å². The van der Waals surface area contributed by atoms with Gasteiger partial charge in [0, 0.05) is 24.9 Å². The Hall–Kier alpha value is 0.350. The summed E-state index contributed by atoms with van der Waals surface area (Å²) < 4.78 is 0.405. The maximum absolute atomic E-state index is 4.41. The molecule has 3 nitrogen and oxygen atoms in total. The van der Waals surface area contributed by atoms with Crippen molar-refractivity contribution in [1.82, 2.24) is 10.6 Å². The number of hydrogen-bond donors (Lipinski definition) is 2. The number of aliphatic imine (C=N–C) groups is 1. The summed E-state index contributed by atoms with van der Waals surface area (Å²) in [5, 5.41) is 7.15. The van der Waals surface area contributed by atoms with Crippen LogP contribution in [0, 0.1) is 11.3 Å². The lowest BCUT2D eigenvalue weighted by Crippen LogP contribution is -2.49. The summed E-state index contributed by atoms with van der Waals surface area (Å²) in [5.74, 6) is 3.32. The second-order valence-electron chi connectivity index (χ2n) is 7.17. The second kappa shape index (κ2) is 7.28. The zero-order chi connectivity index (χ0) is 14.1. The van der Waals surface area contributed by atoms with E-state index in [1.807, 2.05) is 7.05 Å². The Kier molecular flexibility index (Phi) is 6.14. The summed E-state index contributed by atoms with van der Waals surface area (Å²) in [5.41, 5.74) is 0.615. The molecular formula is C16H30IN3S. The fourth-order valence-electron chi connectivity index (χ4n) is 3.78. The van der Waals surface area contributed by atoms with Crippen LogP contribution in [0.15, 0.2) is 4.99 Å². The highest BCUT2D eigenvalue weighted by atomic mass is 127. The molecule has 0 aromatic heterocycles. The molecule has 0 amide bonds. The van der Waals surface area contributed by atoms with Crippen LogP contribution in [0.5, 0.6) is 0 Å². The summed E-state index contributed by atoms with van der Waals surface area (Å²) in [6.45, 7) is 4.54. The van der Waals surface area contributed by atoms with E-state index < -0.39 is 0 Å². The molecule has 1 saturated heterocycles. The van der Waals surface area contributed by atoms with Gasteiger partial charge in [-0.1, -0.05) is 6.42 Å². The van der Waals surface area contributed by atoms with E-state index in [1.54, 1.807) is 0 Å². The van der Waals surface area contributed by atoms with Crippen molar-refractivity contribution in [1.29, 1.82) is 0 Å². The number of thioether (sulfide) groups is 1. The summed E-state index contributed by atoms with van der Waals surface area (Å²) in [6.07, 6.45) is 9.89. The number of rotatable bonds is 5. The van der Waals surface area contributed by atoms with Crippen LogP contribution < -0.4 is 10.6 Å². The van der Waals surface area contributed by atoms with E-state index in [1.165, 1.54) is 50.7 Å². The minimum Gasteiger partial charge on any atom is -0.356 e. The highest BCUT2D eigenvalue weighted by Gasteiger charge is 2.48. The summed E-state index contributed by atoms with van der Waals surface area (Å²) in [6, 6.07) is 0. The standard InChI is InChI=1S/C16H29N3S.HI/c1-15(7-4-10-20-15)11-18-14(17-2)19-12-16(8-3-9-16)13-5-6-13;/h13H,3-12H2,1-2H3,(H2,17,18,19);1H. The molecule has 2 saturated carbocycles. The Morgan fingerprint density at radius 1 is 1.14 bits per heavy atom. The number of nitrogens with zero attached hydrogens (tertiary/aromatic N) is 1. The molecule has 3 aliphatic rings. The molecule has 2 aliphatic carbocycles. The lowest BCUT2D eigenvalue weighted by Gasteiger charge is -2.43. The van der Waals surface area contributed by atoms with Gasteiger partial charge in [-0.2, -0.15) is 11.8 Å². The molecular weight excluding hydrogens is 393 g/mol. The van der Waals surface area contributed by atoms with Crippen molar-refractivity contribution in [3.63, 3.8) is 0 Å². The molecule has 0 aromatic rings. The molecule has 1 unspecified atom stereocenters. The smallest absolute Gasteiger partial charge is 0.191 e. The zero-order valence-corrected chi connectivity index (χ0v) is 16.6. The van der Waals surface area contributed by atoms with Crippen LogP contribution in [0.1, 0.15) is 51.9 Å². The molecule has 0 aromatic carbocycles. The van der Waals surface area contributed by atoms with E-state index in [2.05, 4.69) is 34.3 Å². The van der Waals surface area contributed by atoms with Gasteiger partial charge in [-0.25, -0.2) is 0 Å². The highest BCUT2D eigenvalue weighted by Crippen LogP contribution is 2.56. The van der Waals surface area contributed by atoms with Gasteiger partial charge in [-0.15, -0.1) is 24.0 Å². The number of hydrogen-bond acceptors (Lipinski definition) is 2. The van der Waals surface area contributed by atoms with Gasteiger partial charge in [0.1, 0.15) is 0 Å². The molecule has 2 N–H and O–H groups in total. The average molecular weight is 423 g/mol. The molecule has 3 fully saturated rings. The molecule has 3 rings (SSSR count). The van der Waals surface area contributed by atoms with Crippen molar-refractivity contribution in [2.45, 2.75) is 56.6 Å². The first kappa shape index (κ1) is 17.7. The van der Waals surface area contributed by atoms with E-state index >= 15 is 0 Å². The van der Waals surface area contributed by atoms with Crippen LogP contribution in [-0.2, 0) is 0 Å². The van der Waals surface area contributed by atoms with Crippen molar-refractivity contribution in [2.24, 2.45) is 16.3 Å². The van der Waals surface area contributed by atoms with E-state index in [0.29, 0.717) is 10.2 Å². The Labute approximate surface area is 150 Å². The summed E-state index contributed by atoms with van der Waals surface area (Å²) in [7, 11) is 1.89.